The van der Waals surface area contributed by atoms with Crippen molar-refractivity contribution in [3.05, 3.63) is 59.1 Å². The third-order valence-electron chi connectivity index (χ3n) is 3.83. The molecule has 0 atom stereocenters. The smallest absolute Gasteiger partial charge is 0.260 e. The number of para-hydroxylation sites is 1. The lowest BCUT2D eigenvalue weighted by Gasteiger charge is -2.16. The average Bonchev–Trinajstić information content (AvgIpc) is 3.02. The van der Waals surface area contributed by atoms with Gasteiger partial charge in [0.05, 0.1) is 16.8 Å². The Morgan fingerprint density at radius 1 is 1.17 bits per heavy atom. The van der Waals surface area contributed by atoms with Crippen LogP contribution in [-0.4, -0.2) is 29.4 Å². The molecule has 0 aliphatic carbocycles. The lowest BCUT2D eigenvalue weighted by atomic mass is 10.2. The van der Waals surface area contributed by atoms with Crippen molar-refractivity contribution >= 4 is 27.5 Å². The van der Waals surface area contributed by atoms with E-state index in [1.165, 1.54) is 5.56 Å². The van der Waals surface area contributed by atoms with E-state index in [0.29, 0.717) is 12.3 Å². The van der Waals surface area contributed by atoms with Crippen LogP contribution < -0.4 is 4.74 Å². The minimum Gasteiger partial charge on any atom is -0.484 e. The first kappa shape index (κ1) is 16.5. The first-order valence-electron chi connectivity index (χ1n) is 7.96. The highest BCUT2D eigenvalue weighted by Crippen LogP contribution is 2.22. The molecule has 1 amide bonds. The Kier molecular flexibility index (Phi) is 5.11. The molecule has 1 aromatic heterocycles. The van der Waals surface area contributed by atoms with E-state index in [0.717, 1.165) is 21.6 Å². The fourth-order valence-corrected chi connectivity index (χ4v) is 3.38. The molecule has 0 bridgehead atoms. The molecule has 4 nitrogen and oxygen atoms in total. The van der Waals surface area contributed by atoms with Gasteiger partial charge in [-0.25, -0.2) is 4.98 Å². The second-order valence-electron chi connectivity index (χ2n) is 5.61. The Hall–Kier alpha value is -2.40. The Morgan fingerprint density at radius 3 is 2.62 bits per heavy atom. The summed E-state index contributed by atoms with van der Waals surface area (Å²) < 4.78 is 6.72. The van der Waals surface area contributed by atoms with Gasteiger partial charge >= 0.3 is 0 Å². The number of nitrogens with zero attached hydrogens (tertiary/aromatic N) is 2. The molecule has 0 fully saturated rings. The van der Waals surface area contributed by atoms with E-state index in [-0.39, 0.29) is 12.5 Å². The maximum Gasteiger partial charge on any atom is 0.260 e. The van der Waals surface area contributed by atoms with Gasteiger partial charge in [0, 0.05) is 7.05 Å². The molecule has 3 rings (SSSR count). The van der Waals surface area contributed by atoms with Crippen LogP contribution in [0.1, 0.15) is 17.5 Å². The summed E-state index contributed by atoms with van der Waals surface area (Å²) in [5, 5.41) is 0.930. The van der Waals surface area contributed by atoms with Gasteiger partial charge in [-0.3, -0.25) is 4.79 Å². The second kappa shape index (κ2) is 7.45. The Morgan fingerprint density at radius 2 is 1.92 bits per heavy atom. The summed E-state index contributed by atoms with van der Waals surface area (Å²) in [5.41, 5.74) is 2.23. The van der Waals surface area contributed by atoms with Gasteiger partial charge in [-0.05, 0) is 36.2 Å². The minimum absolute atomic E-state index is 0.0346. The van der Waals surface area contributed by atoms with Gasteiger partial charge in [-0.2, -0.15) is 0 Å². The molecule has 124 valence electrons. The quantitative estimate of drug-likeness (QED) is 0.683. The summed E-state index contributed by atoms with van der Waals surface area (Å²) in [7, 11) is 1.78. The highest BCUT2D eigenvalue weighted by atomic mass is 32.1. The van der Waals surface area contributed by atoms with Crippen LogP contribution >= 0.6 is 11.3 Å². The zero-order valence-corrected chi connectivity index (χ0v) is 14.7. The summed E-state index contributed by atoms with van der Waals surface area (Å²) in [6, 6.07) is 15.8. The molecule has 3 aromatic rings. The summed E-state index contributed by atoms with van der Waals surface area (Å²) >= 11 is 1.62. The van der Waals surface area contributed by atoms with Gasteiger partial charge in [0.15, 0.2) is 6.61 Å². The molecule has 0 saturated carbocycles. The van der Waals surface area contributed by atoms with Gasteiger partial charge < -0.3 is 9.64 Å². The minimum atomic E-state index is -0.0613. The van der Waals surface area contributed by atoms with E-state index < -0.39 is 0 Å². The topological polar surface area (TPSA) is 42.4 Å². The van der Waals surface area contributed by atoms with E-state index >= 15 is 0 Å². The lowest BCUT2D eigenvalue weighted by molar-refractivity contribution is -0.132. The third-order valence-corrected chi connectivity index (χ3v) is 4.85. The average molecular weight is 340 g/mol. The van der Waals surface area contributed by atoms with E-state index in [2.05, 4.69) is 11.9 Å². The van der Waals surface area contributed by atoms with Crippen molar-refractivity contribution in [1.29, 1.82) is 0 Å². The molecule has 0 aliphatic rings. The Labute approximate surface area is 145 Å². The Bertz CT molecular complexity index is 794. The third kappa shape index (κ3) is 3.92. The number of benzene rings is 2. The molecule has 24 heavy (non-hydrogen) atoms. The first-order valence-corrected chi connectivity index (χ1v) is 8.77. The van der Waals surface area contributed by atoms with Gasteiger partial charge in [-0.1, -0.05) is 31.2 Å². The van der Waals surface area contributed by atoms with Crippen molar-refractivity contribution in [3.63, 3.8) is 0 Å². The molecule has 2 aromatic carbocycles. The summed E-state index contributed by atoms with van der Waals surface area (Å²) in [6.45, 7) is 2.64. The maximum absolute atomic E-state index is 12.2. The number of aryl methyl sites for hydroxylation is 1. The van der Waals surface area contributed by atoms with E-state index in [9.17, 15) is 4.79 Å². The number of carbonyl (C=O) groups excluding carboxylic acids is 1. The van der Waals surface area contributed by atoms with Crippen LogP contribution in [0.25, 0.3) is 10.2 Å². The monoisotopic (exact) mass is 340 g/mol. The number of thiazole rings is 1. The number of aromatic nitrogens is 1. The van der Waals surface area contributed by atoms with Crippen molar-refractivity contribution in [2.24, 2.45) is 0 Å². The van der Waals surface area contributed by atoms with Crippen LogP contribution in [0.4, 0.5) is 0 Å². The van der Waals surface area contributed by atoms with Gasteiger partial charge in [0.2, 0.25) is 0 Å². The number of ether oxygens (including phenoxy) is 1. The van der Waals surface area contributed by atoms with E-state index in [1.54, 1.807) is 23.3 Å². The number of fused-ring (bicyclic) bond motifs is 1. The first-order chi connectivity index (χ1) is 11.7. The van der Waals surface area contributed by atoms with Crippen LogP contribution in [0.5, 0.6) is 5.75 Å². The molecule has 0 spiro atoms. The lowest BCUT2D eigenvalue weighted by Crippen LogP contribution is -2.30. The van der Waals surface area contributed by atoms with Gasteiger partial charge in [0.25, 0.3) is 5.91 Å². The molecular weight excluding hydrogens is 320 g/mol. The summed E-state index contributed by atoms with van der Waals surface area (Å²) in [4.78, 5) is 18.4. The van der Waals surface area contributed by atoms with Gasteiger partial charge in [0.1, 0.15) is 10.8 Å². The number of likely N-dealkylation sites (N-methyl/N-ethyl adjacent to an activating group) is 1. The Balaban J connectivity index is 1.55. The van der Waals surface area contributed by atoms with Crippen molar-refractivity contribution in [1.82, 2.24) is 9.88 Å². The zero-order valence-electron chi connectivity index (χ0n) is 13.9. The summed E-state index contributed by atoms with van der Waals surface area (Å²) in [6.07, 6.45) is 0.990. The van der Waals surface area contributed by atoms with Crippen LogP contribution in [0.3, 0.4) is 0 Å². The van der Waals surface area contributed by atoms with E-state index in [1.807, 2.05) is 48.5 Å². The van der Waals surface area contributed by atoms with Crippen LogP contribution in [0.15, 0.2) is 48.5 Å². The molecule has 0 unspecified atom stereocenters. The molecule has 1 heterocycles. The molecule has 0 saturated heterocycles. The normalized spacial score (nSPS) is 10.8. The van der Waals surface area contributed by atoms with Gasteiger partial charge in [-0.15, -0.1) is 11.3 Å². The number of amides is 1. The molecule has 0 N–H and O–H groups in total. The van der Waals surface area contributed by atoms with Crippen LogP contribution in [0.2, 0.25) is 0 Å². The highest BCUT2D eigenvalue weighted by molar-refractivity contribution is 7.18. The number of hydrogen-bond donors (Lipinski definition) is 0. The molecular formula is C19H20N2O2S. The van der Waals surface area contributed by atoms with Crippen molar-refractivity contribution in [2.45, 2.75) is 19.9 Å². The van der Waals surface area contributed by atoms with Crippen LogP contribution in [0, 0.1) is 0 Å². The van der Waals surface area contributed by atoms with E-state index in [4.69, 9.17) is 4.74 Å². The zero-order chi connectivity index (χ0) is 16.9. The highest BCUT2D eigenvalue weighted by Gasteiger charge is 2.13. The standard InChI is InChI=1S/C19H20N2O2S/c1-3-14-8-10-15(11-9-14)23-13-19(22)21(2)12-18-20-16-6-4-5-7-17(16)24-18/h4-11H,3,12-13H2,1-2H3. The fourth-order valence-electron chi connectivity index (χ4n) is 2.36. The number of rotatable bonds is 6. The fraction of sp³-hybridized carbons (Fsp3) is 0.263. The predicted octanol–water partition coefficient (Wildman–Crippen LogP) is 3.90. The molecule has 5 heteroatoms. The van der Waals surface area contributed by atoms with Crippen molar-refractivity contribution in [2.75, 3.05) is 13.7 Å². The number of carbonyl (C=O) groups is 1. The summed E-state index contributed by atoms with van der Waals surface area (Å²) in [5.74, 6) is 0.655. The molecule has 0 aliphatic heterocycles. The van der Waals surface area contributed by atoms with Crippen LogP contribution in [-0.2, 0) is 17.8 Å². The predicted molar refractivity (Wildman–Crippen MR) is 97.4 cm³/mol. The second-order valence-corrected chi connectivity index (χ2v) is 6.73. The number of hydrogen-bond acceptors (Lipinski definition) is 4. The maximum atomic E-state index is 12.2. The molecule has 0 radical (unpaired) electrons. The van der Waals surface area contributed by atoms with Crippen molar-refractivity contribution in [3.8, 4) is 5.75 Å². The van der Waals surface area contributed by atoms with Crippen molar-refractivity contribution < 1.29 is 9.53 Å². The largest absolute Gasteiger partial charge is 0.484 e. The SMILES string of the molecule is CCc1ccc(OCC(=O)N(C)Cc2nc3ccccc3s2)cc1.